The van der Waals surface area contributed by atoms with Crippen molar-refractivity contribution in [3.63, 3.8) is 0 Å². The van der Waals surface area contributed by atoms with Crippen molar-refractivity contribution < 1.29 is 9.47 Å². The van der Waals surface area contributed by atoms with Crippen molar-refractivity contribution in [2.45, 2.75) is 18.6 Å². The van der Waals surface area contributed by atoms with Crippen LogP contribution in [0.3, 0.4) is 0 Å². The lowest BCUT2D eigenvalue weighted by atomic mass is 10.0. The van der Waals surface area contributed by atoms with E-state index in [1.807, 2.05) is 0 Å². The van der Waals surface area contributed by atoms with E-state index in [-0.39, 0.29) is 13.7 Å². The summed E-state index contributed by atoms with van der Waals surface area (Å²) in [5.74, 6) is -0.267. The van der Waals surface area contributed by atoms with Crippen LogP contribution >= 0.6 is 7.92 Å². The minimum Gasteiger partial charge on any atom is -0.348 e. The van der Waals surface area contributed by atoms with Crippen molar-refractivity contribution in [1.29, 1.82) is 0 Å². The fourth-order valence-corrected chi connectivity index (χ4v) is 6.99. The van der Waals surface area contributed by atoms with E-state index in [1.165, 1.54) is 39.5 Å². The van der Waals surface area contributed by atoms with Crippen LogP contribution in [0.15, 0.2) is 66.7 Å². The molecule has 0 saturated carbocycles. The lowest BCUT2D eigenvalue weighted by Gasteiger charge is -2.36. The fraction of sp³-hybridized carbons (Fsp3) is 0.304. The molecule has 3 aromatic rings. The van der Waals surface area contributed by atoms with Crippen molar-refractivity contribution in [3.8, 4) is 11.1 Å². The zero-order chi connectivity index (χ0) is 17.4. The van der Waals surface area contributed by atoms with Crippen LogP contribution in [0.4, 0.5) is 0 Å². The van der Waals surface area contributed by atoms with Gasteiger partial charge in [-0.1, -0.05) is 68.6 Å². The van der Waals surface area contributed by atoms with Gasteiger partial charge in [0.25, 0.3) is 0 Å². The molecular formula is C23H23O2P. The Bertz CT molecular complexity index is 920. The average molecular weight is 362 g/mol. The van der Waals surface area contributed by atoms with E-state index in [9.17, 15) is 0 Å². The number of rotatable bonds is 2. The molecule has 3 heteroatoms. The third-order valence-electron chi connectivity index (χ3n) is 5.64. The summed E-state index contributed by atoms with van der Waals surface area (Å²) in [5, 5.41) is 4.14. The molecular weight excluding hydrogens is 339 g/mol. The Morgan fingerprint density at radius 3 is 2.23 bits per heavy atom. The van der Waals surface area contributed by atoms with E-state index in [0.29, 0.717) is 0 Å². The maximum Gasteiger partial charge on any atom is 0.169 e. The summed E-state index contributed by atoms with van der Waals surface area (Å²) in [6.07, 6.45) is 4.45. The molecule has 0 unspecified atom stereocenters. The molecule has 0 aliphatic carbocycles. The Morgan fingerprint density at radius 1 is 0.731 bits per heavy atom. The molecule has 3 aromatic carbocycles. The molecule has 0 atom stereocenters. The predicted molar refractivity (Wildman–Crippen MR) is 110 cm³/mol. The normalized spacial score (nSPS) is 20.0. The highest BCUT2D eigenvalue weighted by molar-refractivity contribution is 7.66. The summed E-state index contributed by atoms with van der Waals surface area (Å²) >= 11 is 0. The van der Waals surface area contributed by atoms with Gasteiger partial charge in [-0.2, -0.15) is 0 Å². The number of hydrogen-bond donors (Lipinski definition) is 0. The smallest absolute Gasteiger partial charge is 0.169 e. The van der Waals surface area contributed by atoms with Crippen LogP contribution in [0.5, 0.6) is 0 Å². The first-order valence-corrected chi connectivity index (χ1v) is 11.2. The quantitative estimate of drug-likeness (QED) is 0.587. The van der Waals surface area contributed by atoms with Gasteiger partial charge >= 0.3 is 0 Å². The number of benzene rings is 3. The molecule has 2 nitrogen and oxygen atoms in total. The van der Waals surface area contributed by atoms with E-state index >= 15 is 0 Å². The molecule has 2 heterocycles. The maximum atomic E-state index is 5.92. The van der Waals surface area contributed by atoms with Crippen LogP contribution < -0.4 is 5.30 Å². The fourth-order valence-electron chi connectivity index (χ4n) is 4.22. The van der Waals surface area contributed by atoms with Gasteiger partial charge in [0.1, 0.15) is 0 Å². The minimum absolute atomic E-state index is 0.157. The number of hydrogen-bond acceptors (Lipinski definition) is 2. The number of fused-ring (bicyclic) bond motifs is 1. The van der Waals surface area contributed by atoms with Crippen LogP contribution in [0.25, 0.3) is 21.9 Å². The molecule has 2 aliphatic heterocycles. The largest absolute Gasteiger partial charge is 0.348 e. The molecule has 0 N–H and O–H groups in total. The van der Waals surface area contributed by atoms with Crippen molar-refractivity contribution in [2.75, 3.05) is 25.5 Å². The average Bonchev–Trinajstić information content (AvgIpc) is 3.16. The Labute approximate surface area is 155 Å². The highest BCUT2D eigenvalue weighted by Gasteiger charge is 2.40. The van der Waals surface area contributed by atoms with Crippen molar-refractivity contribution >= 4 is 24.0 Å². The molecule has 2 saturated heterocycles. The Hall–Kier alpha value is -1.73. The highest BCUT2D eigenvalue weighted by Crippen LogP contribution is 2.48. The second kappa shape index (κ2) is 6.78. The van der Waals surface area contributed by atoms with E-state index < -0.39 is 0 Å². The molecule has 2 fully saturated rings. The van der Waals surface area contributed by atoms with Gasteiger partial charge in [0.2, 0.25) is 0 Å². The maximum absolute atomic E-state index is 5.92. The molecule has 0 radical (unpaired) electrons. The first-order valence-electron chi connectivity index (χ1n) is 9.44. The monoisotopic (exact) mass is 362 g/mol. The second-order valence-electron chi connectivity index (χ2n) is 7.17. The van der Waals surface area contributed by atoms with Crippen LogP contribution in [0.1, 0.15) is 12.8 Å². The third kappa shape index (κ3) is 2.97. The Kier molecular flexibility index (Phi) is 4.29. The first-order chi connectivity index (χ1) is 12.8. The second-order valence-corrected chi connectivity index (χ2v) is 9.63. The third-order valence-corrected chi connectivity index (χ3v) is 8.24. The molecule has 2 aliphatic rings. The van der Waals surface area contributed by atoms with Crippen molar-refractivity contribution in [3.05, 3.63) is 66.7 Å². The van der Waals surface area contributed by atoms with E-state index in [0.717, 1.165) is 26.1 Å². The molecule has 132 valence electrons. The highest BCUT2D eigenvalue weighted by atomic mass is 31.1. The summed E-state index contributed by atoms with van der Waals surface area (Å²) in [6, 6.07) is 24.4. The zero-order valence-electron chi connectivity index (χ0n) is 14.9. The van der Waals surface area contributed by atoms with Gasteiger partial charge in [-0.05, 0) is 45.6 Å². The molecule has 5 rings (SSSR count). The lowest BCUT2D eigenvalue weighted by molar-refractivity contribution is -0.161. The van der Waals surface area contributed by atoms with Crippen molar-refractivity contribution in [2.24, 2.45) is 0 Å². The minimum atomic E-state index is -0.267. The van der Waals surface area contributed by atoms with Crippen LogP contribution in [0.2, 0.25) is 0 Å². The summed E-state index contributed by atoms with van der Waals surface area (Å²) in [5.41, 5.74) is 2.73. The lowest BCUT2D eigenvalue weighted by Crippen LogP contribution is -2.36. The molecule has 0 bridgehead atoms. The molecule has 26 heavy (non-hydrogen) atoms. The summed E-state index contributed by atoms with van der Waals surface area (Å²) < 4.78 is 11.8. The molecule has 0 amide bonds. The summed E-state index contributed by atoms with van der Waals surface area (Å²) in [7, 11) is -0.157. The standard InChI is InChI=1S/C23H23O2P/c1-2-6-19-17-20(10-9-18(19)5-1)21-7-3-4-8-22(21)26-15-11-23(12-16-26)24-13-14-25-23/h1-10,17H,11-16H2. The van der Waals surface area contributed by atoms with Gasteiger partial charge in [-0.3, -0.25) is 0 Å². The Balaban J connectivity index is 1.47. The van der Waals surface area contributed by atoms with Crippen LogP contribution in [-0.2, 0) is 9.47 Å². The van der Waals surface area contributed by atoms with Gasteiger partial charge in [0, 0.05) is 12.8 Å². The molecule has 1 spiro atoms. The van der Waals surface area contributed by atoms with Gasteiger partial charge in [-0.25, -0.2) is 0 Å². The van der Waals surface area contributed by atoms with Gasteiger partial charge in [-0.15, -0.1) is 0 Å². The zero-order valence-corrected chi connectivity index (χ0v) is 15.8. The van der Waals surface area contributed by atoms with Gasteiger partial charge < -0.3 is 9.47 Å². The van der Waals surface area contributed by atoms with Crippen LogP contribution in [0, 0.1) is 0 Å². The van der Waals surface area contributed by atoms with E-state index in [1.54, 1.807) is 0 Å². The summed E-state index contributed by atoms with van der Waals surface area (Å²) in [4.78, 5) is 0. The topological polar surface area (TPSA) is 18.5 Å². The van der Waals surface area contributed by atoms with Crippen molar-refractivity contribution in [1.82, 2.24) is 0 Å². The number of ether oxygens (including phenoxy) is 2. The predicted octanol–water partition coefficient (Wildman–Crippen LogP) is 5.15. The Morgan fingerprint density at radius 2 is 1.42 bits per heavy atom. The van der Waals surface area contributed by atoms with Gasteiger partial charge in [0.05, 0.1) is 13.2 Å². The SMILES string of the molecule is c1ccc(P2CCC3(CC2)OCCO3)c(-c2ccc3ccccc3c2)c1. The van der Waals surface area contributed by atoms with Gasteiger partial charge in [0.15, 0.2) is 5.79 Å². The molecule has 0 aromatic heterocycles. The van der Waals surface area contributed by atoms with E-state index in [2.05, 4.69) is 66.7 Å². The summed E-state index contributed by atoms with van der Waals surface area (Å²) in [6.45, 7) is 1.51. The first kappa shape index (κ1) is 16.4. The van der Waals surface area contributed by atoms with E-state index in [4.69, 9.17) is 9.47 Å². The van der Waals surface area contributed by atoms with Crippen LogP contribution in [-0.4, -0.2) is 31.3 Å².